The minimum atomic E-state index is -1.41. The molecule has 6 aromatic carbocycles. The van der Waals surface area contributed by atoms with Gasteiger partial charge in [-0.15, -0.1) is 0 Å². The molecule has 0 aliphatic rings. The van der Waals surface area contributed by atoms with Crippen molar-refractivity contribution in [2.24, 2.45) is 28.2 Å². The molecule has 86 heavy (non-hydrogen) atoms. The number of nitro groups is 2. The van der Waals surface area contributed by atoms with Crippen LogP contribution in [0.3, 0.4) is 0 Å². The zero-order valence-electron chi connectivity index (χ0n) is 44.7. The molecule has 4 aromatic heterocycles. The van der Waals surface area contributed by atoms with Gasteiger partial charge in [-0.1, -0.05) is 35.3 Å². The van der Waals surface area contributed by atoms with Gasteiger partial charge in [0.1, 0.15) is 17.5 Å². The van der Waals surface area contributed by atoms with Crippen LogP contribution in [-0.4, -0.2) is 96.0 Å². The van der Waals surface area contributed by atoms with Gasteiger partial charge in [-0.25, -0.2) is 13.2 Å². The molecule has 0 saturated heterocycles. The first-order valence-corrected chi connectivity index (χ1v) is 34.5. The van der Waals surface area contributed by atoms with Crippen molar-refractivity contribution in [1.82, 2.24) is 39.1 Å². The molecular formula is C52H47BBr4Cl4F3N13O8Sn. The Morgan fingerprint density at radius 2 is 0.826 bits per heavy atom. The number of rotatable bonds is 9. The molecule has 0 fully saturated rings. The zero-order valence-corrected chi connectivity index (χ0v) is 57.0. The van der Waals surface area contributed by atoms with E-state index in [-0.39, 0.29) is 34.0 Å². The van der Waals surface area contributed by atoms with Crippen molar-refractivity contribution >= 4 is 170 Å². The summed E-state index contributed by atoms with van der Waals surface area (Å²) in [7, 11) is 15.5. The van der Waals surface area contributed by atoms with Crippen LogP contribution in [0.4, 0.5) is 47.3 Å². The Bertz CT molecular complexity index is 3690. The van der Waals surface area contributed by atoms with Crippen LogP contribution in [0.1, 0.15) is 0 Å². The summed E-state index contributed by atoms with van der Waals surface area (Å²) in [5, 5.41) is 59.3. The first kappa shape index (κ1) is 74.2. The number of anilines is 4. The van der Waals surface area contributed by atoms with Crippen LogP contribution in [-0.2, 0) is 28.2 Å². The van der Waals surface area contributed by atoms with Gasteiger partial charge < -0.3 is 37.8 Å². The molecular weight excluding hydrogens is 1580 g/mol. The number of nitrogen functional groups attached to an aromatic ring is 2. The van der Waals surface area contributed by atoms with E-state index < -0.39 is 41.7 Å². The molecule has 34 heteroatoms. The van der Waals surface area contributed by atoms with Gasteiger partial charge in [-0.05, 0) is 154 Å². The zero-order chi connectivity index (χ0) is 62.1. The molecule has 0 bridgehead atoms. The van der Waals surface area contributed by atoms with E-state index in [4.69, 9.17) is 62.6 Å². The summed E-state index contributed by atoms with van der Waals surface area (Å²) in [6.45, 7) is 0. The quantitative estimate of drug-likeness (QED) is 0.0389. The standard InChI is InChI=1S/C16H12BrClFN3.C10H7BrFN3O2.C10H9BrFN3.C10H9BrN4O2.C6H6BClO2.2ClH.2H2O.Sn/c1-22-16(15(17)9-20-22)10-6-12(19)8-14(7-10)21-13-4-2-11(18)3-5-13;1-14-10(9(11)5-13-14)6-2-7(12)4-8(3-6)15(16)17;1-15-10(9(11)5-14-15)6-2-7(12)4-8(13)3-6;1-14-10(9(11)5-13-14)6-2-7(12)4-8(3-6)15(16)17;8-6-3-1-5(2-4-6)7(9)10;;;;;/h2-9,21H,1H3;2-5H,1H3;2-5H,13H2,1H3;2-5H,12H2,1H3;1-4,9-10H;2*1H;2*1H2;/q;;;;;;;;;+2/p-2. The number of nitrogens with zero attached hydrogens (tertiary/aromatic N) is 10. The maximum absolute atomic E-state index is 13.9. The third-order valence-electron chi connectivity index (χ3n) is 11.0. The van der Waals surface area contributed by atoms with E-state index >= 15 is 0 Å². The summed E-state index contributed by atoms with van der Waals surface area (Å²) < 4.78 is 50.0. The van der Waals surface area contributed by atoms with Gasteiger partial charge in [-0.3, -0.25) is 39.0 Å². The molecule has 11 N–H and O–H groups in total. The maximum atomic E-state index is 13.9. The SMILES string of the molecule is Cn1ncc(Br)c1-c1cc(F)cc(Nc2ccc(Cl)cc2)c1.Cn1ncc(Br)c1-c1cc(F)cc([N+](=O)[O-])c1.Cn1ncc(Br)c1-c1cc(N)cc(F)c1.Cn1ncc(Br)c1-c1cc(N)cc([N+](=O)[O-])c1.O.O.OB(O)c1ccc(Cl)cc1.[Cl][Sn][Cl]. The number of nitrogens with one attached hydrogen (secondary N) is 1. The number of aromatic nitrogens is 8. The first-order chi connectivity index (χ1) is 39.7. The van der Waals surface area contributed by atoms with Crippen LogP contribution in [0.2, 0.25) is 10.0 Å². The van der Waals surface area contributed by atoms with Gasteiger partial charge >= 0.3 is 43.8 Å². The minimum absolute atomic E-state index is 0. The van der Waals surface area contributed by atoms with E-state index in [2.05, 4.69) is 89.4 Å². The van der Waals surface area contributed by atoms with E-state index in [1.165, 1.54) is 53.2 Å². The monoisotopic (exact) mass is 1620 g/mol. The van der Waals surface area contributed by atoms with Gasteiger partial charge in [-0.2, -0.15) is 20.4 Å². The molecule has 0 saturated carbocycles. The molecule has 21 nitrogen and oxygen atoms in total. The Kier molecular flexibility index (Phi) is 30.2. The van der Waals surface area contributed by atoms with Crippen LogP contribution < -0.4 is 22.2 Å². The van der Waals surface area contributed by atoms with Gasteiger partial charge in [0.15, 0.2) is 0 Å². The van der Waals surface area contributed by atoms with Crippen molar-refractivity contribution in [3.05, 3.63) is 212 Å². The average molecular weight is 1630 g/mol. The second-order valence-corrected chi connectivity index (χ2v) is 25.5. The fraction of sp³-hybridized carbons (Fsp3) is 0.0769. The van der Waals surface area contributed by atoms with E-state index in [1.54, 1.807) is 109 Å². The molecule has 0 unspecified atom stereocenters. The van der Waals surface area contributed by atoms with Crippen molar-refractivity contribution in [3.63, 3.8) is 0 Å². The van der Waals surface area contributed by atoms with E-state index in [9.17, 15) is 33.4 Å². The predicted octanol–water partition coefficient (Wildman–Crippen LogP) is 12.6. The number of nitro benzene ring substituents is 2. The summed E-state index contributed by atoms with van der Waals surface area (Å²) in [6.07, 6.45) is 6.53. The van der Waals surface area contributed by atoms with E-state index in [0.717, 1.165) is 47.8 Å². The number of nitrogens with two attached hydrogens (primary N) is 2. The molecule has 2 radical (unpaired) electrons. The van der Waals surface area contributed by atoms with Crippen molar-refractivity contribution in [2.45, 2.75) is 0 Å². The Morgan fingerprint density at radius 3 is 1.17 bits per heavy atom. The second kappa shape index (κ2) is 35.1. The molecule has 4 heterocycles. The normalized spacial score (nSPS) is 10.1. The van der Waals surface area contributed by atoms with Crippen LogP contribution in [0.5, 0.6) is 0 Å². The molecule has 10 rings (SSSR count). The molecule has 0 spiro atoms. The van der Waals surface area contributed by atoms with Crippen LogP contribution in [0, 0.1) is 37.7 Å². The second-order valence-electron chi connectivity index (χ2n) is 17.0. The number of non-ortho nitro benzene ring substituents is 2. The Hall–Kier alpha value is -6.07. The summed E-state index contributed by atoms with van der Waals surface area (Å²) in [6, 6.07) is 30.7. The van der Waals surface area contributed by atoms with Crippen molar-refractivity contribution in [1.29, 1.82) is 0 Å². The van der Waals surface area contributed by atoms with Crippen LogP contribution in [0.25, 0.3) is 45.0 Å². The topological polar surface area (TPSA) is 325 Å². The van der Waals surface area contributed by atoms with Crippen molar-refractivity contribution in [3.8, 4) is 45.0 Å². The molecule has 0 aliphatic carbocycles. The fourth-order valence-corrected chi connectivity index (χ4v) is 10.1. The molecule has 0 amide bonds. The van der Waals surface area contributed by atoms with Crippen molar-refractivity contribution < 1.29 is 44.0 Å². The third kappa shape index (κ3) is 21.7. The number of aryl methyl sites for hydroxylation is 4. The van der Waals surface area contributed by atoms with Gasteiger partial charge in [0.25, 0.3) is 11.4 Å². The number of halogens is 11. The Balaban J connectivity index is 0.000000281. The summed E-state index contributed by atoms with van der Waals surface area (Å²) in [4.78, 5) is 20.3. The molecule has 0 aliphatic heterocycles. The first-order valence-electron chi connectivity index (χ1n) is 23.4. The third-order valence-corrected chi connectivity index (χ3v) is 13.9. The van der Waals surface area contributed by atoms with E-state index in [0.29, 0.717) is 59.4 Å². The predicted molar refractivity (Wildman–Crippen MR) is 348 cm³/mol. The Morgan fingerprint density at radius 1 is 0.512 bits per heavy atom. The molecule has 452 valence electrons. The van der Waals surface area contributed by atoms with Crippen molar-refractivity contribution in [2.75, 3.05) is 16.8 Å². The van der Waals surface area contributed by atoms with Crippen LogP contribution in [0.15, 0.2) is 164 Å². The Labute approximate surface area is 550 Å². The number of benzene rings is 6. The van der Waals surface area contributed by atoms with Gasteiger partial charge in [0.05, 0.1) is 81.4 Å². The summed E-state index contributed by atoms with van der Waals surface area (Å²) >= 11 is 24.0. The van der Waals surface area contributed by atoms with Gasteiger partial charge in [0, 0.05) is 101 Å². The molecule has 10 aromatic rings. The summed E-state index contributed by atoms with van der Waals surface area (Å²) in [5.74, 6) is -1.32. The average Bonchev–Trinajstić information content (AvgIpc) is 3.29. The molecule has 0 atom stereocenters. The van der Waals surface area contributed by atoms with Gasteiger partial charge in [0.2, 0.25) is 0 Å². The van der Waals surface area contributed by atoms with E-state index in [1.807, 2.05) is 25.2 Å². The number of hydrogen-bond donors (Lipinski definition) is 5. The fourth-order valence-electron chi connectivity index (χ4n) is 7.52. The van der Waals surface area contributed by atoms with Crippen LogP contribution >= 0.6 is 105 Å². The summed E-state index contributed by atoms with van der Waals surface area (Å²) in [5.41, 5.74) is 19.1. The number of hydrogen-bond acceptors (Lipinski definition) is 13.